The minimum absolute atomic E-state index is 0.302. The monoisotopic (exact) mass is 256 g/mol. The Labute approximate surface area is 108 Å². The van der Waals surface area contributed by atoms with Gasteiger partial charge in [-0.3, -0.25) is 0 Å². The van der Waals surface area contributed by atoms with Gasteiger partial charge < -0.3 is 9.16 Å². The van der Waals surface area contributed by atoms with Crippen LogP contribution in [0.15, 0.2) is 11.6 Å². The summed E-state index contributed by atoms with van der Waals surface area (Å²) < 4.78 is 11.9. The lowest BCUT2D eigenvalue weighted by Gasteiger charge is -2.36. The zero-order valence-corrected chi connectivity index (χ0v) is 13.3. The number of ether oxygens (including phenoxy) is 1. The van der Waals surface area contributed by atoms with Crippen LogP contribution in [0.3, 0.4) is 0 Å². The van der Waals surface area contributed by atoms with E-state index in [4.69, 9.17) is 9.16 Å². The van der Waals surface area contributed by atoms with Crippen LogP contribution in [0.25, 0.3) is 0 Å². The van der Waals surface area contributed by atoms with Crippen LogP contribution in [0.2, 0.25) is 18.1 Å². The van der Waals surface area contributed by atoms with Crippen LogP contribution in [-0.4, -0.2) is 27.6 Å². The predicted molar refractivity (Wildman–Crippen MR) is 75.9 cm³/mol. The summed E-state index contributed by atoms with van der Waals surface area (Å²) in [5.41, 5.74) is 1.35. The Morgan fingerprint density at radius 3 is 2.53 bits per heavy atom. The minimum Gasteiger partial charge on any atom is -0.417 e. The maximum Gasteiger partial charge on any atom is 0.191 e. The van der Waals surface area contributed by atoms with Gasteiger partial charge in [-0.25, -0.2) is 0 Å². The molecule has 1 atom stereocenters. The van der Waals surface area contributed by atoms with E-state index in [1.165, 1.54) is 5.57 Å². The second kappa shape index (κ2) is 5.68. The molecule has 0 aromatic carbocycles. The molecule has 0 radical (unpaired) electrons. The van der Waals surface area contributed by atoms with Crippen molar-refractivity contribution in [1.29, 1.82) is 0 Å². The predicted octanol–water partition coefficient (Wildman–Crippen LogP) is 4.13. The van der Waals surface area contributed by atoms with Gasteiger partial charge in [-0.15, -0.1) is 0 Å². The molecule has 0 amide bonds. The van der Waals surface area contributed by atoms with Gasteiger partial charge in [-0.05, 0) is 37.9 Å². The van der Waals surface area contributed by atoms with Crippen LogP contribution in [-0.2, 0) is 9.16 Å². The first-order valence-corrected chi connectivity index (χ1v) is 9.54. The quantitative estimate of drug-likeness (QED) is 0.556. The van der Waals surface area contributed by atoms with Gasteiger partial charge in [0, 0.05) is 6.61 Å². The molecule has 1 unspecified atom stereocenters. The smallest absolute Gasteiger partial charge is 0.191 e. The van der Waals surface area contributed by atoms with E-state index in [1.54, 1.807) is 0 Å². The Bertz CT molecular complexity index is 276. The molecule has 0 aromatic heterocycles. The molecule has 100 valence electrons. The molecule has 0 fully saturated rings. The Hall–Kier alpha value is -0.123. The standard InChI is InChI=1S/C14H28O2Si/c1-12-7-8-13(15-11-12)9-10-16-17(5,6)14(2,3)4/h7,13H,8-11H2,1-6H3. The highest BCUT2D eigenvalue weighted by Gasteiger charge is 2.37. The summed E-state index contributed by atoms with van der Waals surface area (Å²) in [7, 11) is -1.57. The first kappa shape index (κ1) is 14.9. The molecule has 0 saturated carbocycles. The molecular weight excluding hydrogens is 228 g/mol. The maximum atomic E-state index is 6.16. The van der Waals surface area contributed by atoms with Crippen molar-refractivity contribution in [3.63, 3.8) is 0 Å². The molecule has 3 heteroatoms. The van der Waals surface area contributed by atoms with E-state index in [9.17, 15) is 0 Å². The Morgan fingerprint density at radius 2 is 2.06 bits per heavy atom. The van der Waals surface area contributed by atoms with Crippen molar-refractivity contribution in [2.45, 2.75) is 64.8 Å². The number of rotatable bonds is 4. The third-order valence-electron chi connectivity index (χ3n) is 3.98. The van der Waals surface area contributed by atoms with Gasteiger partial charge in [0.05, 0.1) is 12.7 Å². The van der Waals surface area contributed by atoms with E-state index in [-0.39, 0.29) is 0 Å². The summed E-state index contributed by atoms with van der Waals surface area (Å²) in [5, 5.41) is 0.302. The fraction of sp³-hybridized carbons (Fsp3) is 0.857. The molecule has 0 N–H and O–H groups in total. The van der Waals surface area contributed by atoms with Crippen molar-refractivity contribution in [2.24, 2.45) is 0 Å². The summed E-state index contributed by atoms with van der Waals surface area (Å²) in [5.74, 6) is 0. The highest BCUT2D eigenvalue weighted by Crippen LogP contribution is 2.36. The molecule has 2 nitrogen and oxygen atoms in total. The second-order valence-electron chi connectivity index (χ2n) is 6.62. The van der Waals surface area contributed by atoms with Crippen LogP contribution in [0, 0.1) is 0 Å². The number of hydrogen-bond donors (Lipinski definition) is 0. The molecule has 0 aliphatic carbocycles. The van der Waals surface area contributed by atoms with Gasteiger partial charge >= 0.3 is 0 Å². The third kappa shape index (κ3) is 4.57. The Kier molecular flexibility index (Phi) is 4.99. The molecule has 17 heavy (non-hydrogen) atoms. The largest absolute Gasteiger partial charge is 0.417 e. The van der Waals surface area contributed by atoms with Crippen molar-refractivity contribution in [2.75, 3.05) is 13.2 Å². The van der Waals surface area contributed by atoms with E-state index in [0.29, 0.717) is 11.1 Å². The Balaban J connectivity index is 2.29. The summed E-state index contributed by atoms with van der Waals surface area (Å²) in [6.45, 7) is 15.2. The van der Waals surface area contributed by atoms with Gasteiger partial charge in [0.15, 0.2) is 8.32 Å². The lowest BCUT2D eigenvalue weighted by molar-refractivity contribution is 0.0445. The highest BCUT2D eigenvalue weighted by molar-refractivity contribution is 6.74. The van der Waals surface area contributed by atoms with Gasteiger partial charge in [0.1, 0.15) is 0 Å². The second-order valence-corrected chi connectivity index (χ2v) is 11.4. The van der Waals surface area contributed by atoms with Crippen LogP contribution >= 0.6 is 0 Å². The zero-order chi connectivity index (χ0) is 13.1. The molecule has 1 aliphatic rings. The van der Waals surface area contributed by atoms with Gasteiger partial charge in [0.2, 0.25) is 0 Å². The van der Waals surface area contributed by atoms with Crippen molar-refractivity contribution in [3.8, 4) is 0 Å². The van der Waals surface area contributed by atoms with Gasteiger partial charge in [-0.2, -0.15) is 0 Å². The van der Waals surface area contributed by atoms with Crippen LogP contribution < -0.4 is 0 Å². The first-order chi connectivity index (χ1) is 7.72. The fourth-order valence-corrected chi connectivity index (χ4v) is 2.63. The minimum atomic E-state index is -1.57. The van der Waals surface area contributed by atoms with E-state index >= 15 is 0 Å². The maximum absolute atomic E-state index is 6.16. The van der Waals surface area contributed by atoms with Crippen molar-refractivity contribution in [3.05, 3.63) is 11.6 Å². The van der Waals surface area contributed by atoms with E-state index in [0.717, 1.165) is 26.1 Å². The fourth-order valence-electron chi connectivity index (χ4n) is 1.57. The molecular formula is C14H28O2Si. The molecule has 0 bridgehead atoms. The molecule has 1 rings (SSSR count). The average Bonchev–Trinajstić information content (AvgIpc) is 2.19. The molecule has 0 saturated heterocycles. The van der Waals surface area contributed by atoms with Gasteiger partial charge in [-0.1, -0.05) is 32.4 Å². The lowest BCUT2D eigenvalue weighted by Crippen LogP contribution is -2.41. The van der Waals surface area contributed by atoms with Crippen molar-refractivity contribution >= 4 is 8.32 Å². The normalized spacial score (nSPS) is 22.5. The summed E-state index contributed by atoms with van der Waals surface area (Å²) in [4.78, 5) is 0. The summed E-state index contributed by atoms with van der Waals surface area (Å²) in [6, 6.07) is 0. The third-order valence-corrected chi connectivity index (χ3v) is 8.52. The van der Waals surface area contributed by atoms with Crippen LogP contribution in [0.1, 0.15) is 40.5 Å². The number of hydrogen-bond acceptors (Lipinski definition) is 2. The lowest BCUT2D eigenvalue weighted by atomic mass is 10.1. The molecule has 0 aromatic rings. The van der Waals surface area contributed by atoms with Gasteiger partial charge in [0.25, 0.3) is 0 Å². The van der Waals surface area contributed by atoms with Crippen LogP contribution in [0.5, 0.6) is 0 Å². The highest BCUT2D eigenvalue weighted by atomic mass is 28.4. The van der Waals surface area contributed by atoms with E-state index in [2.05, 4.69) is 46.9 Å². The SMILES string of the molecule is CC1=CCC(CCO[Si](C)(C)C(C)(C)C)OC1. The van der Waals surface area contributed by atoms with Crippen LogP contribution in [0.4, 0.5) is 0 Å². The summed E-state index contributed by atoms with van der Waals surface area (Å²) >= 11 is 0. The average molecular weight is 256 g/mol. The molecule has 1 heterocycles. The van der Waals surface area contributed by atoms with Crippen molar-refractivity contribution in [1.82, 2.24) is 0 Å². The summed E-state index contributed by atoms with van der Waals surface area (Å²) in [6.07, 6.45) is 4.73. The zero-order valence-electron chi connectivity index (χ0n) is 12.3. The van der Waals surface area contributed by atoms with E-state index in [1.807, 2.05) is 0 Å². The van der Waals surface area contributed by atoms with Crippen molar-refractivity contribution < 1.29 is 9.16 Å². The molecule has 0 spiro atoms. The Morgan fingerprint density at radius 1 is 1.41 bits per heavy atom. The molecule has 1 aliphatic heterocycles. The van der Waals surface area contributed by atoms with E-state index < -0.39 is 8.32 Å². The first-order valence-electron chi connectivity index (χ1n) is 6.63. The topological polar surface area (TPSA) is 18.5 Å².